The van der Waals surface area contributed by atoms with Crippen molar-refractivity contribution in [2.75, 3.05) is 0 Å². The monoisotopic (exact) mass is 402 g/mol. The molecule has 2 heterocycles. The van der Waals surface area contributed by atoms with Gasteiger partial charge in [0.15, 0.2) is 0 Å². The second-order valence-corrected chi connectivity index (χ2v) is 9.14. The van der Waals surface area contributed by atoms with Crippen LogP contribution in [0.1, 0.15) is 22.3 Å². The minimum absolute atomic E-state index is 0.444. The van der Waals surface area contributed by atoms with Gasteiger partial charge < -0.3 is 18.1 Å². The van der Waals surface area contributed by atoms with Gasteiger partial charge in [-0.05, 0) is 71.7 Å². The summed E-state index contributed by atoms with van der Waals surface area (Å²) in [4.78, 5) is 0. The maximum atomic E-state index is 6.09. The van der Waals surface area contributed by atoms with E-state index in [4.69, 9.17) is 40.6 Å². The molecule has 0 fully saturated rings. The highest BCUT2D eigenvalue weighted by atomic mass is 35.7. The van der Waals surface area contributed by atoms with E-state index in [2.05, 4.69) is 24.3 Å². The minimum Gasteiger partial charge on any atom is -0.435 e. The highest BCUT2D eigenvalue weighted by Crippen LogP contribution is 2.57. The van der Waals surface area contributed by atoms with E-state index in [1.54, 1.807) is 0 Å². The average Bonchev–Trinajstić information content (AvgIpc) is 2.54. The molecule has 126 valence electrons. The third-order valence-electron chi connectivity index (χ3n) is 3.88. The van der Waals surface area contributed by atoms with E-state index >= 15 is 0 Å². The van der Waals surface area contributed by atoms with Crippen molar-refractivity contribution in [3.05, 3.63) is 46.5 Å². The van der Waals surface area contributed by atoms with E-state index in [-0.39, 0.29) is 0 Å². The molecule has 2 atom stereocenters. The maximum Gasteiger partial charge on any atom is 0.338 e. The van der Waals surface area contributed by atoms with Gasteiger partial charge in [-0.2, -0.15) is 0 Å². The highest BCUT2D eigenvalue weighted by Gasteiger charge is 2.28. The number of hydrogen-bond acceptors (Lipinski definition) is 4. The summed E-state index contributed by atoms with van der Waals surface area (Å²) in [5.74, 6) is 1.52. The Morgan fingerprint density at radius 1 is 0.750 bits per heavy atom. The molecule has 0 spiro atoms. The first-order valence-corrected chi connectivity index (χ1v) is 11.5. The summed E-state index contributed by atoms with van der Waals surface area (Å²) >= 11 is 12.2. The van der Waals surface area contributed by atoms with Crippen molar-refractivity contribution in [3.63, 3.8) is 0 Å². The number of hydrogen-bond donors (Lipinski definition) is 0. The van der Waals surface area contributed by atoms with Crippen molar-refractivity contribution in [2.45, 2.75) is 27.1 Å². The van der Waals surface area contributed by atoms with Crippen molar-refractivity contribution in [1.29, 1.82) is 0 Å². The number of halogens is 2. The van der Waals surface area contributed by atoms with Crippen LogP contribution in [0, 0.1) is 13.8 Å². The van der Waals surface area contributed by atoms with Crippen LogP contribution >= 0.6 is 37.9 Å². The van der Waals surface area contributed by atoms with Gasteiger partial charge in [0.05, 0.1) is 13.2 Å². The Kier molecular flexibility index (Phi) is 4.64. The molecule has 0 aliphatic carbocycles. The van der Waals surface area contributed by atoms with Gasteiger partial charge in [0.25, 0.3) is 0 Å². The molecule has 0 radical (unpaired) electrons. The van der Waals surface area contributed by atoms with Gasteiger partial charge in [-0.1, -0.05) is 0 Å². The SMILES string of the molecule is Cc1cc2c(c(-c3cc(C)cc4c3OP(Cl)OC4)c1)OP(Cl)OC2. The Morgan fingerprint density at radius 2 is 1.17 bits per heavy atom. The fraction of sp³-hybridized carbons (Fsp3) is 0.250. The average molecular weight is 403 g/mol. The van der Waals surface area contributed by atoms with Crippen molar-refractivity contribution in [1.82, 2.24) is 0 Å². The van der Waals surface area contributed by atoms with Crippen LogP contribution in [-0.4, -0.2) is 0 Å². The lowest BCUT2D eigenvalue weighted by molar-refractivity contribution is 0.286. The number of rotatable bonds is 1. The quantitative estimate of drug-likeness (QED) is 0.496. The molecular weight excluding hydrogens is 389 g/mol. The molecule has 2 aliphatic rings. The summed E-state index contributed by atoms with van der Waals surface area (Å²) in [5.41, 5.74) is 6.10. The second-order valence-electron chi connectivity index (χ2n) is 5.76. The zero-order chi connectivity index (χ0) is 16.8. The molecule has 2 aromatic carbocycles. The largest absolute Gasteiger partial charge is 0.435 e. The summed E-state index contributed by atoms with van der Waals surface area (Å²) in [6, 6.07) is 8.26. The summed E-state index contributed by atoms with van der Waals surface area (Å²) in [7, 11) is -2.87. The molecule has 8 heteroatoms. The third kappa shape index (κ3) is 3.12. The molecule has 2 unspecified atom stereocenters. The van der Waals surface area contributed by atoms with E-state index in [0.29, 0.717) is 13.2 Å². The standard InChI is InChI=1S/C16H14Cl2O4P2/c1-9-3-11-7-19-23(17)21-15(11)13(5-9)14-6-10(2)4-12-8-20-24(18)22-16(12)14/h3-6H,7-8H2,1-2H3. The fourth-order valence-electron chi connectivity index (χ4n) is 2.96. The van der Waals surface area contributed by atoms with Crippen LogP contribution in [0.15, 0.2) is 24.3 Å². The van der Waals surface area contributed by atoms with Crippen molar-refractivity contribution >= 4 is 37.9 Å². The zero-order valence-electron chi connectivity index (χ0n) is 13.0. The lowest BCUT2D eigenvalue weighted by Gasteiger charge is -2.27. The van der Waals surface area contributed by atoms with Crippen molar-refractivity contribution in [3.8, 4) is 22.6 Å². The van der Waals surface area contributed by atoms with E-state index < -0.39 is 15.5 Å². The smallest absolute Gasteiger partial charge is 0.338 e. The van der Waals surface area contributed by atoms with E-state index in [1.807, 2.05) is 13.8 Å². The van der Waals surface area contributed by atoms with Crippen LogP contribution in [0.4, 0.5) is 0 Å². The number of benzene rings is 2. The first-order chi connectivity index (χ1) is 11.5. The molecule has 0 amide bonds. The first kappa shape index (κ1) is 16.8. The molecule has 0 N–H and O–H groups in total. The predicted molar refractivity (Wildman–Crippen MR) is 97.7 cm³/mol. The molecule has 0 aromatic heterocycles. The van der Waals surface area contributed by atoms with Gasteiger partial charge in [-0.25, -0.2) is 0 Å². The van der Waals surface area contributed by atoms with Gasteiger partial charge in [0, 0.05) is 22.3 Å². The summed E-state index contributed by atoms with van der Waals surface area (Å²) < 4.78 is 22.5. The van der Waals surface area contributed by atoms with Crippen LogP contribution < -0.4 is 9.05 Å². The number of fused-ring (bicyclic) bond motifs is 2. The Labute approximate surface area is 152 Å². The van der Waals surface area contributed by atoms with Gasteiger partial charge in [0.2, 0.25) is 0 Å². The van der Waals surface area contributed by atoms with Crippen LogP contribution in [0.25, 0.3) is 11.1 Å². The first-order valence-electron chi connectivity index (χ1n) is 7.32. The molecule has 24 heavy (non-hydrogen) atoms. The lowest BCUT2D eigenvalue weighted by Crippen LogP contribution is -2.06. The molecule has 4 nitrogen and oxygen atoms in total. The third-order valence-corrected chi connectivity index (χ3v) is 6.20. The molecule has 0 saturated carbocycles. The molecule has 4 rings (SSSR count). The Morgan fingerprint density at radius 3 is 1.58 bits per heavy atom. The van der Waals surface area contributed by atoms with Crippen LogP contribution in [-0.2, 0) is 22.3 Å². The van der Waals surface area contributed by atoms with Gasteiger partial charge >= 0.3 is 15.5 Å². The Balaban J connectivity index is 1.94. The molecule has 2 aromatic rings. The highest BCUT2D eigenvalue weighted by molar-refractivity contribution is 7.76. The van der Waals surface area contributed by atoms with Crippen molar-refractivity contribution < 1.29 is 18.1 Å². The summed E-state index contributed by atoms with van der Waals surface area (Å²) in [6.07, 6.45) is 0. The predicted octanol–water partition coefficient (Wildman–Crippen LogP) is 6.72. The minimum atomic E-state index is -1.44. The fourth-order valence-corrected chi connectivity index (χ4v) is 4.98. The molecule has 0 saturated heterocycles. The van der Waals surface area contributed by atoms with Gasteiger partial charge in [-0.15, -0.1) is 0 Å². The van der Waals surface area contributed by atoms with E-state index in [9.17, 15) is 0 Å². The summed E-state index contributed by atoms with van der Waals surface area (Å²) in [6.45, 7) is 4.98. The van der Waals surface area contributed by atoms with Gasteiger partial charge in [0.1, 0.15) is 11.5 Å². The second kappa shape index (κ2) is 6.61. The van der Waals surface area contributed by atoms with E-state index in [0.717, 1.165) is 44.9 Å². The van der Waals surface area contributed by atoms with E-state index in [1.165, 1.54) is 0 Å². The molecule has 2 aliphatic heterocycles. The Bertz CT molecular complexity index is 748. The van der Waals surface area contributed by atoms with Crippen molar-refractivity contribution in [2.24, 2.45) is 0 Å². The van der Waals surface area contributed by atoms with Crippen LogP contribution in [0.2, 0.25) is 0 Å². The molecule has 0 bridgehead atoms. The molecular formula is C16H14Cl2O4P2. The van der Waals surface area contributed by atoms with Gasteiger partial charge in [-0.3, -0.25) is 0 Å². The zero-order valence-corrected chi connectivity index (χ0v) is 16.3. The number of aryl methyl sites for hydroxylation is 2. The summed E-state index contributed by atoms with van der Waals surface area (Å²) in [5, 5.41) is 0. The Hall–Kier alpha value is -0.600. The lowest BCUT2D eigenvalue weighted by atomic mass is 9.95. The maximum absolute atomic E-state index is 6.09. The van der Waals surface area contributed by atoms with Crippen LogP contribution in [0.5, 0.6) is 11.5 Å². The van der Waals surface area contributed by atoms with Crippen LogP contribution in [0.3, 0.4) is 0 Å². The normalized spacial score (nSPS) is 22.2. The topological polar surface area (TPSA) is 36.9 Å².